The average molecular weight is 223 g/mol. The summed E-state index contributed by atoms with van der Waals surface area (Å²) in [4.78, 5) is 11.6. The summed E-state index contributed by atoms with van der Waals surface area (Å²) in [5.41, 5.74) is 5.64. The topological polar surface area (TPSA) is 52.3 Å². The van der Waals surface area contributed by atoms with Gasteiger partial charge in [-0.15, -0.1) is 0 Å². The smallest absolute Gasteiger partial charge is 0.313 e. The highest BCUT2D eigenvalue weighted by molar-refractivity contribution is 5.81. The summed E-state index contributed by atoms with van der Waals surface area (Å²) in [5.74, 6) is -0.714. The molecule has 4 heteroatoms. The Balaban J connectivity index is 2.30. The molecule has 0 amide bonds. The first-order valence-corrected chi connectivity index (χ1v) is 5.20. The second kappa shape index (κ2) is 3.87. The van der Waals surface area contributed by atoms with Crippen LogP contribution < -0.4 is 5.73 Å². The van der Waals surface area contributed by atoms with Crippen LogP contribution in [0.4, 0.5) is 4.39 Å². The van der Waals surface area contributed by atoms with E-state index in [-0.39, 0.29) is 11.8 Å². The lowest BCUT2D eigenvalue weighted by Crippen LogP contribution is -2.31. The first kappa shape index (κ1) is 11.1. The van der Waals surface area contributed by atoms with Crippen molar-refractivity contribution in [1.82, 2.24) is 0 Å². The Morgan fingerprint density at radius 3 is 2.62 bits per heavy atom. The fraction of sp³-hybridized carbons (Fsp3) is 0.417. The van der Waals surface area contributed by atoms with Gasteiger partial charge in [0.25, 0.3) is 0 Å². The number of carbonyl (C=O) groups is 1. The van der Waals surface area contributed by atoms with Crippen LogP contribution in [0, 0.1) is 11.2 Å². The van der Waals surface area contributed by atoms with E-state index in [4.69, 9.17) is 10.5 Å². The zero-order valence-corrected chi connectivity index (χ0v) is 9.07. The van der Waals surface area contributed by atoms with Gasteiger partial charge in [0.1, 0.15) is 5.82 Å². The minimum absolute atomic E-state index is 0.344. The van der Waals surface area contributed by atoms with Crippen LogP contribution in [0.1, 0.15) is 24.4 Å². The number of carbonyl (C=O) groups excluding carboxylic acids is 1. The molecule has 0 bridgehead atoms. The number of hydrogen-bond donors (Lipinski definition) is 1. The van der Waals surface area contributed by atoms with E-state index in [0.717, 1.165) is 0 Å². The number of hydrogen-bond acceptors (Lipinski definition) is 3. The summed E-state index contributed by atoms with van der Waals surface area (Å²) in [6, 6.07) is 5.65. The number of benzene rings is 1. The lowest BCUT2D eigenvalue weighted by molar-refractivity contribution is -0.148. The van der Waals surface area contributed by atoms with E-state index < -0.39 is 11.5 Å². The van der Waals surface area contributed by atoms with Gasteiger partial charge in [0, 0.05) is 11.6 Å². The summed E-state index contributed by atoms with van der Waals surface area (Å²) in [7, 11) is 1.33. The molecule has 3 nitrogen and oxygen atoms in total. The molecule has 1 fully saturated rings. The highest BCUT2D eigenvalue weighted by Crippen LogP contribution is 2.54. The van der Waals surface area contributed by atoms with E-state index in [2.05, 4.69) is 0 Å². The summed E-state index contributed by atoms with van der Waals surface area (Å²) in [5, 5.41) is 0. The van der Waals surface area contributed by atoms with Crippen LogP contribution in [0.2, 0.25) is 0 Å². The number of methoxy groups -OCH3 is 1. The summed E-state index contributed by atoms with van der Waals surface area (Å²) >= 11 is 0. The number of nitrogens with two attached hydrogens (primary N) is 1. The molecule has 0 spiro atoms. The van der Waals surface area contributed by atoms with E-state index in [0.29, 0.717) is 18.4 Å². The number of ether oxygens (including phenoxy) is 1. The number of esters is 1. The average Bonchev–Trinajstić information content (AvgIpc) is 3.09. The number of halogens is 1. The van der Waals surface area contributed by atoms with Gasteiger partial charge in [-0.2, -0.15) is 0 Å². The van der Waals surface area contributed by atoms with E-state index >= 15 is 0 Å². The quantitative estimate of drug-likeness (QED) is 0.795. The Bertz CT molecular complexity index is 415. The highest BCUT2D eigenvalue weighted by atomic mass is 19.1. The molecule has 2 rings (SSSR count). The Labute approximate surface area is 93.4 Å². The lowest BCUT2D eigenvalue weighted by Gasteiger charge is -2.21. The van der Waals surface area contributed by atoms with Crippen LogP contribution in [0.15, 0.2) is 24.3 Å². The van der Waals surface area contributed by atoms with Gasteiger partial charge in [-0.1, -0.05) is 18.2 Å². The van der Waals surface area contributed by atoms with E-state index in [1.54, 1.807) is 18.2 Å². The van der Waals surface area contributed by atoms with Crippen molar-refractivity contribution in [3.63, 3.8) is 0 Å². The molecular formula is C12H14FNO2. The van der Waals surface area contributed by atoms with Crippen molar-refractivity contribution in [2.24, 2.45) is 11.1 Å². The molecule has 1 saturated carbocycles. The summed E-state index contributed by atoms with van der Waals surface area (Å²) < 4.78 is 18.3. The van der Waals surface area contributed by atoms with Crippen LogP contribution in [0.25, 0.3) is 0 Å². The molecule has 1 aliphatic rings. The molecule has 0 heterocycles. The lowest BCUT2D eigenvalue weighted by atomic mass is 9.90. The van der Waals surface area contributed by atoms with Crippen molar-refractivity contribution in [1.29, 1.82) is 0 Å². The predicted molar refractivity (Wildman–Crippen MR) is 57.0 cm³/mol. The molecule has 0 saturated heterocycles. The molecule has 0 radical (unpaired) electrons. The molecule has 86 valence electrons. The Kier molecular flexibility index (Phi) is 2.68. The van der Waals surface area contributed by atoms with Crippen LogP contribution in [-0.4, -0.2) is 13.1 Å². The van der Waals surface area contributed by atoms with Crippen molar-refractivity contribution < 1.29 is 13.9 Å². The molecular weight excluding hydrogens is 209 g/mol. The van der Waals surface area contributed by atoms with Crippen molar-refractivity contribution in [3.8, 4) is 0 Å². The third kappa shape index (κ3) is 1.59. The van der Waals surface area contributed by atoms with Gasteiger partial charge in [-0.3, -0.25) is 4.79 Å². The Morgan fingerprint density at radius 1 is 1.50 bits per heavy atom. The van der Waals surface area contributed by atoms with Gasteiger partial charge in [0.05, 0.1) is 12.5 Å². The van der Waals surface area contributed by atoms with Crippen LogP contribution >= 0.6 is 0 Å². The predicted octanol–water partition coefficient (Wildman–Crippen LogP) is 1.78. The van der Waals surface area contributed by atoms with Crippen molar-refractivity contribution in [3.05, 3.63) is 35.6 Å². The molecule has 1 aromatic rings. The third-order valence-electron chi connectivity index (χ3n) is 3.22. The second-order valence-corrected chi connectivity index (χ2v) is 4.15. The van der Waals surface area contributed by atoms with Gasteiger partial charge in [-0.05, 0) is 18.9 Å². The first-order valence-electron chi connectivity index (χ1n) is 5.20. The normalized spacial score (nSPS) is 18.9. The monoisotopic (exact) mass is 223 g/mol. The Morgan fingerprint density at radius 2 is 2.12 bits per heavy atom. The second-order valence-electron chi connectivity index (χ2n) is 4.15. The molecule has 1 atom stereocenters. The molecule has 0 aliphatic heterocycles. The number of rotatable bonds is 3. The fourth-order valence-electron chi connectivity index (χ4n) is 2.01. The summed E-state index contributed by atoms with van der Waals surface area (Å²) in [6.07, 6.45) is 1.32. The van der Waals surface area contributed by atoms with Crippen molar-refractivity contribution in [2.75, 3.05) is 7.11 Å². The zero-order valence-electron chi connectivity index (χ0n) is 9.07. The van der Waals surface area contributed by atoms with Crippen LogP contribution in [0.5, 0.6) is 0 Å². The maximum atomic E-state index is 13.5. The zero-order chi connectivity index (χ0) is 11.8. The van der Waals surface area contributed by atoms with Gasteiger partial charge in [0.2, 0.25) is 0 Å². The molecule has 1 aliphatic carbocycles. The first-order chi connectivity index (χ1) is 7.62. The fourth-order valence-corrected chi connectivity index (χ4v) is 2.01. The van der Waals surface area contributed by atoms with E-state index in [1.807, 2.05) is 0 Å². The van der Waals surface area contributed by atoms with Crippen LogP contribution in [0.3, 0.4) is 0 Å². The minimum atomic E-state index is -0.711. The van der Waals surface area contributed by atoms with Crippen molar-refractivity contribution >= 4 is 5.97 Å². The van der Waals surface area contributed by atoms with E-state index in [9.17, 15) is 9.18 Å². The maximum Gasteiger partial charge on any atom is 0.313 e. The van der Waals surface area contributed by atoms with Crippen molar-refractivity contribution in [2.45, 2.75) is 18.9 Å². The molecule has 16 heavy (non-hydrogen) atoms. The summed E-state index contributed by atoms with van der Waals surface area (Å²) in [6.45, 7) is 0. The molecule has 1 aromatic carbocycles. The standard InChI is InChI=1S/C12H14FNO2/c1-16-11(15)12(6-7-12)10(14)8-4-2-3-5-9(8)13/h2-5,10H,6-7,14H2,1H3. The largest absolute Gasteiger partial charge is 0.469 e. The third-order valence-corrected chi connectivity index (χ3v) is 3.22. The van der Waals surface area contributed by atoms with Crippen LogP contribution in [-0.2, 0) is 9.53 Å². The maximum absolute atomic E-state index is 13.5. The molecule has 0 aromatic heterocycles. The van der Waals surface area contributed by atoms with Gasteiger partial charge in [0.15, 0.2) is 0 Å². The minimum Gasteiger partial charge on any atom is -0.469 e. The highest BCUT2D eigenvalue weighted by Gasteiger charge is 2.56. The van der Waals surface area contributed by atoms with E-state index in [1.165, 1.54) is 13.2 Å². The van der Waals surface area contributed by atoms with Gasteiger partial charge < -0.3 is 10.5 Å². The SMILES string of the molecule is COC(=O)C1(C(N)c2ccccc2F)CC1. The molecule has 1 unspecified atom stereocenters. The molecule has 2 N–H and O–H groups in total. The Hall–Kier alpha value is -1.42. The van der Waals surface area contributed by atoms with Gasteiger partial charge >= 0.3 is 5.97 Å². The van der Waals surface area contributed by atoms with Gasteiger partial charge in [-0.25, -0.2) is 4.39 Å².